The number of carbonyl (C=O) groups is 2. The highest BCUT2D eigenvalue weighted by Gasteiger charge is 2.34. The van der Waals surface area contributed by atoms with E-state index in [1.54, 1.807) is 0 Å². The van der Waals surface area contributed by atoms with Gasteiger partial charge in [0.25, 0.3) is 5.91 Å². The first-order valence-corrected chi connectivity index (χ1v) is 4.53. The number of rotatable bonds is 1. The number of hydrogen-bond donors (Lipinski definition) is 1. The molecule has 2 heterocycles. The van der Waals surface area contributed by atoms with Crippen molar-refractivity contribution >= 4 is 17.6 Å². The first-order chi connectivity index (χ1) is 7.89. The first-order valence-electron chi connectivity index (χ1n) is 4.53. The van der Waals surface area contributed by atoms with Crippen molar-refractivity contribution in [2.24, 2.45) is 0 Å². The lowest BCUT2D eigenvalue weighted by Gasteiger charge is -2.12. The van der Waals surface area contributed by atoms with Crippen LogP contribution in [0.15, 0.2) is 18.3 Å². The number of hydrogen-bond acceptors (Lipinski definition) is 3. The second-order valence-corrected chi connectivity index (χ2v) is 3.29. The van der Waals surface area contributed by atoms with Crippen molar-refractivity contribution in [3.63, 3.8) is 0 Å². The van der Waals surface area contributed by atoms with Crippen molar-refractivity contribution in [1.29, 1.82) is 0 Å². The summed E-state index contributed by atoms with van der Waals surface area (Å²) in [4.78, 5) is 26.4. The van der Waals surface area contributed by atoms with Crippen molar-refractivity contribution in [3.05, 3.63) is 24.0 Å². The Labute approximate surface area is 93.2 Å². The molecule has 0 radical (unpaired) electrons. The van der Waals surface area contributed by atoms with Crippen molar-refractivity contribution in [2.45, 2.75) is 6.18 Å². The van der Waals surface area contributed by atoms with E-state index in [9.17, 15) is 22.8 Å². The summed E-state index contributed by atoms with van der Waals surface area (Å²) in [6.45, 7) is -0.167. The fraction of sp³-hybridized carbons (Fsp3) is 0.222. The number of amides is 3. The van der Waals surface area contributed by atoms with Gasteiger partial charge >= 0.3 is 12.2 Å². The zero-order valence-electron chi connectivity index (χ0n) is 8.28. The maximum absolute atomic E-state index is 12.2. The number of urea groups is 1. The van der Waals surface area contributed by atoms with Crippen molar-refractivity contribution in [2.75, 3.05) is 11.4 Å². The van der Waals surface area contributed by atoms with Crippen LogP contribution in [-0.2, 0) is 11.0 Å². The van der Waals surface area contributed by atoms with Crippen LogP contribution >= 0.6 is 0 Å². The van der Waals surface area contributed by atoms with Gasteiger partial charge < -0.3 is 5.32 Å². The lowest BCUT2D eigenvalue weighted by molar-refractivity contribution is -0.141. The van der Waals surface area contributed by atoms with Crippen molar-refractivity contribution < 1.29 is 22.8 Å². The molecule has 1 aliphatic rings. The number of alkyl halides is 3. The van der Waals surface area contributed by atoms with Crippen molar-refractivity contribution in [1.82, 2.24) is 10.3 Å². The number of halogens is 3. The van der Waals surface area contributed by atoms with Gasteiger partial charge in [-0.15, -0.1) is 0 Å². The first kappa shape index (κ1) is 11.4. The van der Waals surface area contributed by atoms with Crippen LogP contribution in [0.25, 0.3) is 0 Å². The molecule has 90 valence electrons. The Kier molecular flexibility index (Phi) is 2.49. The van der Waals surface area contributed by atoms with E-state index in [-0.39, 0.29) is 12.2 Å². The van der Waals surface area contributed by atoms with Gasteiger partial charge in [0.15, 0.2) is 0 Å². The minimum Gasteiger partial charge on any atom is -0.328 e. The normalized spacial score (nSPS) is 16.3. The third kappa shape index (κ3) is 2.05. The SMILES string of the molecule is O=C1CNC(=O)N1c1ccc(C(F)(F)F)nc1. The lowest BCUT2D eigenvalue weighted by atomic mass is 10.3. The van der Waals surface area contributed by atoms with Crippen LogP contribution in [-0.4, -0.2) is 23.5 Å². The molecule has 0 bridgehead atoms. The minimum absolute atomic E-state index is 0.0120. The summed E-state index contributed by atoms with van der Waals surface area (Å²) in [6.07, 6.45) is -3.71. The van der Waals surface area contributed by atoms with E-state index in [0.29, 0.717) is 6.07 Å². The molecule has 1 aliphatic heterocycles. The molecule has 3 amide bonds. The van der Waals surface area contributed by atoms with Crippen LogP contribution in [0.3, 0.4) is 0 Å². The summed E-state index contributed by atoms with van der Waals surface area (Å²) in [5.74, 6) is -0.531. The van der Waals surface area contributed by atoms with E-state index in [1.807, 2.05) is 0 Å². The molecule has 0 aromatic carbocycles. The van der Waals surface area contributed by atoms with Gasteiger partial charge in [0.1, 0.15) is 5.69 Å². The molecule has 0 saturated carbocycles. The molecule has 1 fully saturated rings. The molecule has 0 spiro atoms. The summed E-state index contributed by atoms with van der Waals surface area (Å²) in [6, 6.07) is 1.07. The van der Waals surface area contributed by atoms with E-state index in [2.05, 4.69) is 10.3 Å². The highest BCUT2D eigenvalue weighted by Crippen LogP contribution is 2.28. The summed E-state index contributed by atoms with van der Waals surface area (Å²) in [7, 11) is 0. The summed E-state index contributed by atoms with van der Waals surface area (Å²) in [5.41, 5.74) is -1.06. The quantitative estimate of drug-likeness (QED) is 0.755. The predicted octanol–water partition coefficient (Wildman–Crippen LogP) is 1.16. The van der Waals surface area contributed by atoms with Crippen molar-refractivity contribution in [3.8, 4) is 0 Å². The van der Waals surface area contributed by atoms with Gasteiger partial charge in [-0.2, -0.15) is 13.2 Å². The van der Waals surface area contributed by atoms with E-state index in [4.69, 9.17) is 0 Å². The van der Waals surface area contributed by atoms with Gasteiger partial charge in [-0.3, -0.25) is 4.79 Å². The second-order valence-electron chi connectivity index (χ2n) is 3.29. The molecule has 8 heteroatoms. The number of pyridine rings is 1. The molecule has 0 aliphatic carbocycles. The summed E-state index contributed by atoms with van der Waals surface area (Å²) < 4.78 is 36.7. The molecule has 2 rings (SSSR count). The van der Waals surface area contributed by atoms with Gasteiger partial charge in [-0.25, -0.2) is 14.7 Å². The maximum Gasteiger partial charge on any atom is 0.433 e. The molecule has 0 unspecified atom stereocenters. The van der Waals surface area contributed by atoms with Crippen LogP contribution in [0.2, 0.25) is 0 Å². The van der Waals surface area contributed by atoms with Gasteiger partial charge in [0.05, 0.1) is 18.4 Å². The zero-order valence-corrected chi connectivity index (χ0v) is 8.28. The number of imide groups is 1. The average molecular weight is 245 g/mol. The Balaban J connectivity index is 2.30. The maximum atomic E-state index is 12.2. The number of nitrogens with zero attached hydrogens (tertiary/aromatic N) is 2. The lowest BCUT2D eigenvalue weighted by Crippen LogP contribution is -2.30. The third-order valence-corrected chi connectivity index (χ3v) is 2.14. The number of aromatic nitrogens is 1. The van der Waals surface area contributed by atoms with Crippen LogP contribution < -0.4 is 10.2 Å². The minimum atomic E-state index is -4.55. The molecule has 0 atom stereocenters. The molecular formula is C9H6F3N3O2. The van der Waals surface area contributed by atoms with Crippen LogP contribution in [0.5, 0.6) is 0 Å². The highest BCUT2D eigenvalue weighted by molar-refractivity contribution is 6.19. The largest absolute Gasteiger partial charge is 0.433 e. The fourth-order valence-corrected chi connectivity index (χ4v) is 1.37. The summed E-state index contributed by atoms with van der Waals surface area (Å²) >= 11 is 0. The average Bonchev–Trinajstić information content (AvgIpc) is 2.58. The zero-order chi connectivity index (χ0) is 12.6. The Hall–Kier alpha value is -2.12. The summed E-state index contributed by atoms with van der Waals surface area (Å²) in [5, 5.41) is 2.25. The van der Waals surface area contributed by atoms with Crippen LogP contribution in [0.4, 0.5) is 23.7 Å². The number of carbonyl (C=O) groups excluding carboxylic acids is 2. The molecule has 1 aromatic heterocycles. The Morgan fingerprint density at radius 3 is 2.41 bits per heavy atom. The topological polar surface area (TPSA) is 62.3 Å². The van der Waals surface area contributed by atoms with E-state index < -0.39 is 23.8 Å². The smallest absolute Gasteiger partial charge is 0.328 e. The molecular weight excluding hydrogens is 239 g/mol. The molecule has 1 aromatic rings. The predicted molar refractivity (Wildman–Crippen MR) is 50.1 cm³/mol. The van der Waals surface area contributed by atoms with Gasteiger partial charge in [0.2, 0.25) is 0 Å². The standard InChI is InChI=1S/C9H6F3N3O2/c10-9(11,12)6-2-1-5(3-13-6)15-7(16)4-14-8(15)17/h1-3H,4H2,(H,14,17). The Morgan fingerprint density at radius 2 is 2.00 bits per heavy atom. The second kappa shape index (κ2) is 3.72. The van der Waals surface area contributed by atoms with Gasteiger partial charge in [-0.1, -0.05) is 0 Å². The molecule has 17 heavy (non-hydrogen) atoms. The molecule has 1 N–H and O–H groups in total. The van der Waals surface area contributed by atoms with Crippen LogP contribution in [0, 0.1) is 0 Å². The number of nitrogens with one attached hydrogen (secondary N) is 1. The molecule has 5 nitrogen and oxygen atoms in total. The monoisotopic (exact) mass is 245 g/mol. The van der Waals surface area contributed by atoms with Gasteiger partial charge in [0, 0.05) is 0 Å². The fourth-order valence-electron chi connectivity index (χ4n) is 1.37. The van der Waals surface area contributed by atoms with E-state index in [0.717, 1.165) is 17.2 Å². The third-order valence-electron chi connectivity index (χ3n) is 2.14. The van der Waals surface area contributed by atoms with E-state index in [1.165, 1.54) is 0 Å². The molecule has 1 saturated heterocycles. The van der Waals surface area contributed by atoms with Gasteiger partial charge in [-0.05, 0) is 12.1 Å². The number of anilines is 1. The highest BCUT2D eigenvalue weighted by atomic mass is 19.4. The Bertz CT molecular complexity index is 453. The Morgan fingerprint density at radius 1 is 1.29 bits per heavy atom. The van der Waals surface area contributed by atoms with Crippen LogP contribution in [0.1, 0.15) is 5.69 Å². The van der Waals surface area contributed by atoms with E-state index >= 15 is 0 Å².